The molecule has 0 saturated carbocycles. The van der Waals surface area contributed by atoms with E-state index in [4.69, 9.17) is 16.3 Å². The van der Waals surface area contributed by atoms with Gasteiger partial charge in [0.15, 0.2) is 11.6 Å². The van der Waals surface area contributed by atoms with Gasteiger partial charge in [-0.1, -0.05) is 49.4 Å². The minimum Gasteiger partial charge on any atom is -0.508 e. The van der Waals surface area contributed by atoms with Crippen molar-refractivity contribution in [1.82, 2.24) is 9.97 Å². The van der Waals surface area contributed by atoms with Crippen molar-refractivity contribution in [3.05, 3.63) is 102 Å². The van der Waals surface area contributed by atoms with Gasteiger partial charge in [-0.25, -0.2) is 18.4 Å². The number of amides is 1. The molecule has 10 nitrogen and oxygen atoms in total. The third-order valence-corrected chi connectivity index (χ3v) is 7.44. The number of halogens is 1. The zero-order valence-electron chi connectivity index (χ0n) is 21.6. The van der Waals surface area contributed by atoms with Crippen LogP contribution in [0.4, 0.5) is 23.0 Å². The molecule has 42 heavy (non-hydrogen) atoms. The van der Waals surface area contributed by atoms with E-state index in [2.05, 4.69) is 25.3 Å². The Kier molecular flexibility index (Phi) is 9.14. The summed E-state index contributed by atoms with van der Waals surface area (Å²) in [7, 11) is -2.72. The zero-order chi connectivity index (χ0) is 29.0. The summed E-state index contributed by atoms with van der Waals surface area (Å²) in [6.07, 6.45) is 0.0668. The summed E-state index contributed by atoms with van der Waals surface area (Å²) in [5.74, 6) is 0.0325. The van der Waals surface area contributed by atoms with Crippen LogP contribution in [0.5, 0.6) is 11.5 Å². The Morgan fingerprint density at radius 1 is 0.881 bits per heavy atom. The highest BCUT2D eigenvalue weighted by molar-refractivity contribution is 7.92. The number of ether oxygens (including phenoxy) is 1. The summed E-state index contributed by atoms with van der Waals surface area (Å²) in [6.45, 7) is 0. The molecule has 0 fully saturated rings. The van der Waals surface area contributed by atoms with Gasteiger partial charge in [0, 0.05) is 34.6 Å². The molecule has 1 amide bonds. The third-order valence-electron chi connectivity index (χ3n) is 5.87. The van der Waals surface area contributed by atoms with Crippen molar-refractivity contribution >= 4 is 61.6 Å². The second-order valence-electron chi connectivity index (χ2n) is 8.94. The second-order valence-corrected chi connectivity index (χ2v) is 11.1. The van der Waals surface area contributed by atoms with Crippen molar-refractivity contribution in [3.8, 4) is 11.5 Å². The molecule has 0 unspecified atom stereocenters. The van der Waals surface area contributed by atoms with Crippen LogP contribution in [0.1, 0.15) is 13.0 Å². The Morgan fingerprint density at radius 3 is 2.31 bits per heavy atom. The number of phenolic OH excluding ortho intramolecular Hbond substituents is 1. The molecule has 12 heteroatoms. The number of nitrogens with one attached hydrogen (secondary N) is 3. The van der Waals surface area contributed by atoms with Crippen molar-refractivity contribution in [3.63, 3.8) is 0 Å². The van der Waals surface area contributed by atoms with Crippen molar-refractivity contribution in [2.45, 2.75) is 18.7 Å². The minimum absolute atomic E-state index is 0. The summed E-state index contributed by atoms with van der Waals surface area (Å²) in [5, 5.41) is 16.3. The van der Waals surface area contributed by atoms with Gasteiger partial charge in [0.05, 0.1) is 29.5 Å². The Morgan fingerprint density at radius 2 is 1.60 bits per heavy atom. The fraction of sp³-hybridized carbons (Fsp3) is 0.100. The first kappa shape index (κ1) is 30.1. The molecule has 0 bridgehead atoms. The van der Waals surface area contributed by atoms with Crippen LogP contribution in [0.15, 0.2) is 95.9 Å². The normalized spacial score (nSPS) is 10.9. The Labute approximate surface area is 248 Å². The summed E-state index contributed by atoms with van der Waals surface area (Å²) < 4.78 is 34.6. The molecule has 0 radical (unpaired) electrons. The molecular formula is C30H28ClN5O5S. The fourth-order valence-corrected chi connectivity index (χ4v) is 5.30. The van der Waals surface area contributed by atoms with Gasteiger partial charge in [-0.15, -0.1) is 0 Å². The van der Waals surface area contributed by atoms with Crippen LogP contribution < -0.4 is 20.1 Å². The number of phenols is 1. The van der Waals surface area contributed by atoms with E-state index in [1.165, 1.54) is 37.4 Å². The molecule has 5 rings (SSSR count). The highest BCUT2D eigenvalue weighted by Crippen LogP contribution is 2.31. The number of methoxy groups -OCH3 is 1. The SMILES string of the molecule is C.COc1cc(O)cc(Nc2nc3ccccc3nc2NS(=O)(=O)c2cccc(NC(=O)Cc3cccc(Cl)c3)c2)c1. The highest BCUT2D eigenvalue weighted by Gasteiger charge is 2.20. The van der Waals surface area contributed by atoms with E-state index >= 15 is 0 Å². The summed E-state index contributed by atoms with van der Waals surface area (Å²) >= 11 is 6.00. The van der Waals surface area contributed by atoms with E-state index in [-0.39, 0.29) is 42.0 Å². The summed E-state index contributed by atoms with van der Waals surface area (Å²) in [6, 6.07) is 24.3. The number of benzene rings is 4. The number of para-hydroxylation sites is 2. The largest absolute Gasteiger partial charge is 0.508 e. The molecule has 216 valence electrons. The van der Waals surface area contributed by atoms with Crippen molar-refractivity contribution in [1.29, 1.82) is 0 Å². The van der Waals surface area contributed by atoms with Crippen LogP contribution >= 0.6 is 11.6 Å². The third kappa shape index (κ3) is 7.25. The minimum atomic E-state index is -4.18. The number of hydrogen-bond donors (Lipinski definition) is 4. The number of fused-ring (bicyclic) bond motifs is 1. The predicted octanol–water partition coefficient (Wildman–Crippen LogP) is 6.36. The quantitative estimate of drug-likeness (QED) is 0.152. The number of aromatic hydroxyl groups is 1. The van der Waals surface area contributed by atoms with Gasteiger partial charge in [-0.05, 0) is 48.0 Å². The topological polar surface area (TPSA) is 143 Å². The van der Waals surface area contributed by atoms with Crippen LogP contribution in [0, 0.1) is 0 Å². The number of hydrogen-bond acceptors (Lipinski definition) is 8. The Balaban J connectivity index is 0.00000405. The van der Waals surface area contributed by atoms with Crippen molar-refractivity contribution in [2.75, 3.05) is 22.5 Å². The van der Waals surface area contributed by atoms with Crippen LogP contribution in [-0.4, -0.2) is 36.5 Å². The Hall–Kier alpha value is -4.87. The smallest absolute Gasteiger partial charge is 0.263 e. The number of carbonyl (C=O) groups is 1. The number of anilines is 4. The molecule has 0 saturated heterocycles. The number of nitrogens with zero attached hydrogens (tertiary/aromatic N) is 2. The van der Waals surface area contributed by atoms with Gasteiger partial charge in [0.25, 0.3) is 10.0 Å². The van der Waals surface area contributed by atoms with Gasteiger partial charge >= 0.3 is 0 Å². The summed E-state index contributed by atoms with van der Waals surface area (Å²) in [5.41, 5.74) is 2.41. The van der Waals surface area contributed by atoms with Gasteiger partial charge < -0.3 is 20.5 Å². The van der Waals surface area contributed by atoms with Crippen LogP contribution in [0.25, 0.3) is 11.0 Å². The predicted molar refractivity (Wildman–Crippen MR) is 165 cm³/mol. The van der Waals surface area contributed by atoms with Crippen molar-refractivity contribution < 1.29 is 23.1 Å². The number of rotatable bonds is 9. The number of sulfonamides is 1. The number of carbonyl (C=O) groups excluding carboxylic acids is 1. The fourth-order valence-electron chi connectivity index (χ4n) is 4.03. The molecule has 0 spiro atoms. The maximum absolute atomic E-state index is 13.5. The van der Waals surface area contributed by atoms with Gasteiger partial charge in [-0.2, -0.15) is 0 Å². The van der Waals surface area contributed by atoms with Gasteiger partial charge in [-0.3, -0.25) is 9.52 Å². The van der Waals surface area contributed by atoms with E-state index in [1.807, 2.05) is 0 Å². The van der Waals surface area contributed by atoms with E-state index in [9.17, 15) is 18.3 Å². The lowest BCUT2D eigenvalue weighted by Crippen LogP contribution is -2.17. The first-order chi connectivity index (χ1) is 19.7. The molecule has 1 heterocycles. The lowest BCUT2D eigenvalue weighted by molar-refractivity contribution is -0.115. The van der Waals surface area contributed by atoms with Crippen molar-refractivity contribution in [2.24, 2.45) is 0 Å². The highest BCUT2D eigenvalue weighted by atomic mass is 35.5. The Bertz CT molecular complexity index is 1870. The molecule has 4 N–H and O–H groups in total. The maximum atomic E-state index is 13.5. The molecule has 0 atom stereocenters. The molecule has 0 aliphatic rings. The van der Waals surface area contributed by atoms with E-state index in [0.29, 0.717) is 33.2 Å². The first-order valence-electron chi connectivity index (χ1n) is 12.3. The molecule has 4 aromatic carbocycles. The first-order valence-corrected chi connectivity index (χ1v) is 14.1. The van der Waals surface area contributed by atoms with Gasteiger partial charge in [0.1, 0.15) is 11.5 Å². The molecular weight excluding hydrogens is 578 g/mol. The van der Waals surface area contributed by atoms with E-state index in [0.717, 1.165) is 5.56 Å². The molecule has 0 aliphatic heterocycles. The maximum Gasteiger partial charge on any atom is 0.263 e. The van der Waals surface area contributed by atoms with E-state index in [1.54, 1.807) is 60.7 Å². The van der Waals surface area contributed by atoms with Crippen LogP contribution in [0.2, 0.25) is 5.02 Å². The molecule has 5 aromatic rings. The summed E-state index contributed by atoms with van der Waals surface area (Å²) in [4.78, 5) is 21.5. The van der Waals surface area contributed by atoms with Crippen LogP contribution in [0.3, 0.4) is 0 Å². The number of aromatic nitrogens is 2. The van der Waals surface area contributed by atoms with Crippen LogP contribution in [-0.2, 0) is 21.2 Å². The average Bonchev–Trinajstić information content (AvgIpc) is 2.93. The lowest BCUT2D eigenvalue weighted by atomic mass is 10.1. The average molecular weight is 606 g/mol. The zero-order valence-corrected chi connectivity index (χ0v) is 23.2. The monoisotopic (exact) mass is 605 g/mol. The van der Waals surface area contributed by atoms with E-state index < -0.39 is 10.0 Å². The lowest BCUT2D eigenvalue weighted by Gasteiger charge is -2.15. The molecule has 0 aliphatic carbocycles. The second kappa shape index (κ2) is 12.8. The standard InChI is InChI=1S/C29H24ClN5O5S.CH4/c1-40-23-15-21(14-22(36)17-23)32-28-29(34-26-11-3-2-10-25(26)33-28)35-41(38,39)24-9-5-8-20(16-24)31-27(37)13-18-6-4-7-19(30)12-18;/h2-12,14-17,36H,13H2,1H3,(H,31,37)(H,32,33)(H,34,35);1H4. The van der Waals surface area contributed by atoms with Gasteiger partial charge in [0.2, 0.25) is 5.91 Å². The molecule has 1 aromatic heterocycles.